The number of hydrogen-bond acceptors (Lipinski definition) is 6. The summed E-state index contributed by atoms with van der Waals surface area (Å²) in [5.74, 6) is -0.315. The maximum absolute atomic E-state index is 11.8. The van der Waals surface area contributed by atoms with E-state index in [2.05, 4.69) is 17.9 Å². The van der Waals surface area contributed by atoms with Gasteiger partial charge in [0.25, 0.3) is 0 Å². The molecule has 1 unspecified atom stereocenters. The standard InChI is InChI=1S/C15H20ClN3O2.C4H8S/c1-15(2,3)21-14(20)7-12(9-18)19-11-5-4-10(8-17)13(16)6-11;1-3-4(2)5/h4-6,12,19H,7,9,18H2,1-3H3;3,5H,1-2H3/b;4-3-. The Bertz CT molecular complexity index is 660. The van der Waals surface area contributed by atoms with Gasteiger partial charge in [-0.1, -0.05) is 17.7 Å². The molecule has 0 bridgehead atoms. The van der Waals surface area contributed by atoms with E-state index in [9.17, 15) is 4.79 Å². The van der Waals surface area contributed by atoms with Crippen LogP contribution in [0.4, 0.5) is 5.69 Å². The Morgan fingerprint density at radius 3 is 2.46 bits per heavy atom. The molecule has 0 heterocycles. The number of esters is 1. The van der Waals surface area contributed by atoms with Crippen LogP contribution in [0.2, 0.25) is 5.02 Å². The quantitative estimate of drug-likeness (QED) is 0.502. The summed E-state index contributed by atoms with van der Waals surface area (Å²) in [4.78, 5) is 12.9. The zero-order valence-electron chi connectivity index (χ0n) is 16.0. The van der Waals surface area contributed by atoms with Crippen LogP contribution in [-0.2, 0) is 9.53 Å². The molecule has 1 rings (SSSR count). The summed E-state index contributed by atoms with van der Waals surface area (Å²) in [6, 6.07) is 6.71. The van der Waals surface area contributed by atoms with E-state index in [4.69, 9.17) is 27.3 Å². The maximum Gasteiger partial charge on any atom is 0.308 e. The van der Waals surface area contributed by atoms with E-state index in [1.54, 1.807) is 18.2 Å². The number of allylic oxidation sites excluding steroid dienone is 2. The molecule has 0 radical (unpaired) electrons. The number of benzene rings is 1. The number of rotatable bonds is 5. The van der Waals surface area contributed by atoms with Crippen molar-refractivity contribution in [2.45, 2.75) is 52.7 Å². The fourth-order valence-corrected chi connectivity index (χ4v) is 1.93. The predicted octanol–water partition coefficient (Wildman–Crippen LogP) is 4.52. The maximum atomic E-state index is 11.8. The lowest BCUT2D eigenvalue weighted by molar-refractivity contribution is -0.155. The van der Waals surface area contributed by atoms with Gasteiger partial charge in [-0.05, 0) is 57.7 Å². The lowest BCUT2D eigenvalue weighted by Crippen LogP contribution is -2.34. The van der Waals surface area contributed by atoms with Crippen LogP contribution in [-0.4, -0.2) is 24.2 Å². The lowest BCUT2D eigenvalue weighted by Gasteiger charge is -2.22. The van der Waals surface area contributed by atoms with Gasteiger partial charge >= 0.3 is 5.97 Å². The molecule has 3 N–H and O–H groups in total. The number of hydrogen-bond donors (Lipinski definition) is 3. The second kappa shape index (κ2) is 11.8. The lowest BCUT2D eigenvalue weighted by atomic mass is 10.1. The van der Waals surface area contributed by atoms with Crippen LogP contribution in [0.3, 0.4) is 0 Å². The molecular formula is C19H28ClN3O2S. The number of halogens is 1. The van der Waals surface area contributed by atoms with Gasteiger partial charge in [-0.2, -0.15) is 5.26 Å². The van der Waals surface area contributed by atoms with Crippen molar-refractivity contribution in [2.24, 2.45) is 5.73 Å². The van der Waals surface area contributed by atoms with Crippen LogP contribution in [0, 0.1) is 11.3 Å². The van der Waals surface area contributed by atoms with E-state index < -0.39 is 5.60 Å². The molecule has 0 saturated carbocycles. The molecule has 0 saturated heterocycles. The molecule has 0 fully saturated rings. The molecule has 7 heteroatoms. The third kappa shape index (κ3) is 11.0. The number of anilines is 1. The number of nitrogens with two attached hydrogens (primary N) is 1. The van der Waals surface area contributed by atoms with Crippen molar-refractivity contribution in [3.8, 4) is 6.07 Å². The monoisotopic (exact) mass is 397 g/mol. The summed E-state index contributed by atoms with van der Waals surface area (Å²) in [5.41, 5.74) is 6.26. The molecule has 0 spiro atoms. The summed E-state index contributed by atoms with van der Waals surface area (Å²) in [6.07, 6.45) is 2.11. The number of ether oxygens (including phenoxy) is 1. The number of thiol groups is 1. The molecule has 1 atom stereocenters. The highest BCUT2D eigenvalue weighted by atomic mass is 35.5. The minimum absolute atomic E-state index is 0.158. The Morgan fingerprint density at radius 1 is 1.50 bits per heavy atom. The predicted molar refractivity (Wildman–Crippen MR) is 112 cm³/mol. The van der Waals surface area contributed by atoms with Gasteiger partial charge in [0, 0.05) is 18.3 Å². The topological polar surface area (TPSA) is 88.1 Å². The number of carbonyl (C=O) groups is 1. The van der Waals surface area contributed by atoms with Crippen molar-refractivity contribution in [3.63, 3.8) is 0 Å². The first-order valence-corrected chi connectivity index (χ1v) is 9.04. The van der Waals surface area contributed by atoms with E-state index in [0.717, 1.165) is 4.91 Å². The summed E-state index contributed by atoms with van der Waals surface area (Å²) in [7, 11) is 0. The molecule has 26 heavy (non-hydrogen) atoms. The molecule has 0 amide bonds. The van der Waals surface area contributed by atoms with Gasteiger partial charge in [-0.3, -0.25) is 4.79 Å². The number of nitrogens with one attached hydrogen (secondary N) is 1. The second-order valence-corrected chi connectivity index (χ2v) is 7.72. The third-order valence-corrected chi connectivity index (χ3v) is 3.57. The van der Waals surface area contributed by atoms with Gasteiger partial charge in [-0.25, -0.2) is 0 Å². The first-order valence-electron chi connectivity index (χ1n) is 8.22. The summed E-state index contributed by atoms with van der Waals surface area (Å²) < 4.78 is 5.26. The second-order valence-electron chi connectivity index (χ2n) is 6.60. The van der Waals surface area contributed by atoms with Crippen LogP contribution in [0.15, 0.2) is 29.2 Å². The largest absolute Gasteiger partial charge is 0.460 e. The molecule has 0 aromatic heterocycles. The van der Waals surface area contributed by atoms with E-state index in [-0.39, 0.29) is 25.0 Å². The average molecular weight is 398 g/mol. The van der Waals surface area contributed by atoms with Crippen molar-refractivity contribution >= 4 is 35.9 Å². The molecular weight excluding hydrogens is 370 g/mol. The fraction of sp³-hybridized carbons (Fsp3) is 0.474. The Labute approximate surface area is 167 Å². The van der Waals surface area contributed by atoms with Gasteiger partial charge in [0.15, 0.2) is 0 Å². The van der Waals surface area contributed by atoms with Gasteiger partial charge < -0.3 is 15.8 Å². The van der Waals surface area contributed by atoms with Crippen LogP contribution >= 0.6 is 24.2 Å². The fourth-order valence-electron chi connectivity index (χ4n) is 1.71. The van der Waals surface area contributed by atoms with Crippen molar-refractivity contribution in [2.75, 3.05) is 11.9 Å². The van der Waals surface area contributed by atoms with Crippen molar-refractivity contribution in [3.05, 3.63) is 39.8 Å². The molecule has 1 aromatic carbocycles. The number of nitriles is 1. The molecule has 0 aliphatic rings. The average Bonchev–Trinajstić information content (AvgIpc) is 2.53. The Morgan fingerprint density at radius 2 is 2.08 bits per heavy atom. The van der Waals surface area contributed by atoms with Gasteiger partial charge in [0.05, 0.1) is 17.0 Å². The number of carbonyl (C=O) groups excluding carboxylic acids is 1. The molecule has 0 aliphatic heterocycles. The van der Waals surface area contributed by atoms with E-state index in [1.807, 2.05) is 46.8 Å². The van der Waals surface area contributed by atoms with Crippen LogP contribution in [0.1, 0.15) is 46.6 Å². The van der Waals surface area contributed by atoms with E-state index in [1.165, 1.54) is 0 Å². The minimum Gasteiger partial charge on any atom is -0.460 e. The highest BCUT2D eigenvalue weighted by Crippen LogP contribution is 2.21. The SMILES string of the molecule is C/C=C(/C)S.CC(C)(C)OC(=O)CC(CN)Nc1ccc(C#N)c(Cl)c1. The zero-order chi connectivity index (χ0) is 20.3. The van der Waals surface area contributed by atoms with Crippen LogP contribution in [0.25, 0.3) is 0 Å². The summed E-state index contributed by atoms with van der Waals surface area (Å²) >= 11 is 9.92. The van der Waals surface area contributed by atoms with E-state index in [0.29, 0.717) is 16.3 Å². The molecule has 0 aliphatic carbocycles. The Hall–Kier alpha value is -1.68. The normalized spacial score (nSPS) is 12.3. The van der Waals surface area contributed by atoms with Gasteiger partial charge in [0.2, 0.25) is 0 Å². The van der Waals surface area contributed by atoms with Gasteiger partial charge in [-0.15, -0.1) is 12.6 Å². The van der Waals surface area contributed by atoms with Crippen molar-refractivity contribution in [1.82, 2.24) is 0 Å². The first kappa shape index (κ1) is 24.3. The number of nitrogens with zero attached hydrogens (tertiary/aromatic N) is 1. The Balaban J connectivity index is 0.00000110. The van der Waals surface area contributed by atoms with E-state index >= 15 is 0 Å². The summed E-state index contributed by atoms with van der Waals surface area (Å²) in [6.45, 7) is 9.63. The smallest absolute Gasteiger partial charge is 0.308 e. The minimum atomic E-state index is -0.520. The van der Waals surface area contributed by atoms with Crippen molar-refractivity contribution < 1.29 is 9.53 Å². The summed E-state index contributed by atoms with van der Waals surface area (Å²) in [5, 5.41) is 12.3. The van der Waals surface area contributed by atoms with Crippen LogP contribution in [0.5, 0.6) is 0 Å². The highest BCUT2D eigenvalue weighted by Gasteiger charge is 2.20. The molecule has 5 nitrogen and oxygen atoms in total. The van der Waals surface area contributed by atoms with Crippen molar-refractivity contribution in [1.29, 1.82) is 5.26 Å². The highest BCUT2D eigenvalue weighted by molar-refractivity contribution is 7.84. The van der Waals surface area contributed by atoms with Gasteiger partial charge in [0.1, 0.15) is 11.7 Å². The van der Waals surface area contributed by atoms with Crippen LogP contribution < -0.4 is 11.1 Å². The molecule has 144 valence electrons. The first-order chi connectivity index (χ1) is 12.0. The molecule has 1 aromatic rings. The third-order valence-electron chi connectivity index (χ3n) is 3.00. The Kier molecular flexibility index (Phi) is 11.1. The zero-order valence-corrected chi connectivity index (χ0v) is 17.6.